The van der Waals surface area contributed by atoms with Crippen LogP contribution in [0.2, 0.25) is 0 Å². The van der Waals surface area contributed by atoms with Crippen LogP contribution in [0.1, 0.15) is 5.56 Å². The number of aromatic nitrogens is 1. The van der Waals surface area contributed by atoms with Crippen LogP contribution in [0.5, 0.6) is 0 Å². The molecule has 0 saturated heterocycles. The molecule has 1 aliphatic carbocycles. The summed E-state index contributed by atoms with van der Waals surface area (Å²) in [6, 6.07) is 10.1. The summed E-state index contributed by atoms with van der Waals surface area (Å²) < 4.78 is 0.0301. The van der Waals surface area contributed by atoms with Crippen molar-refractivity contribution >= 4 is 23.0 Å². The van der Waals surface area contributed by atoms with Gasteiger partial charge in [-0.25, -0.2) is 0 Å². The average Bonchev–Trinajstić information content (AvgIpc) is 2.86. The van der Waals surface area contributed by atoms with E-state index in [0.29, 0.717) is 0 Å². The largest absolute Gasteiger partial charge is 0.265 e. The summed E-state index contributed by atoms with van der Waals surface area (Å²) in [7, 11) is 0. The summed E-state index contributed by atoms with van der Waals surface area (Å²) in [5.74, 6) is 7.46. The summed E-state index contributed by atoms with van der Waals surface area (Å²) in [6.07, 6.45) is 13.2. The van der Waals surface area contributed by atoms with Gasteiger partial charge in [0.2, 0.25) is 5.70 Å². The third-order valence-corrected chi connectivity index (χ3v) is 4.48. The molecule has 2 N–H and O–H groups in total. The van der Waals surface area contributed by atoms with Crippen LogP contribution < -0.4 is 5.84 Å². The fourth-order valence-corrected chi connectivity index (χ4v) is 3.15. The molecule has 2 aromatic rings. The number of rotatable bonds is 2. The van der Waals surface area contributed by atoms with E-state index < -0.39 is 0 Å². The number of quaternary nitrogens is 1. The minimum Gasteiger partial charge on any atom is -0.256 e. The third-order valence-electron chi connectivity index (χ3n) is 4.48. The number of benzene rings is 1. The molecule has 5 nitrogen and oxygen atoms in total. The summed E-state index contributed by atoms with van der Waals surface area (Å²) >= 11 is 0. The minimum atomic E-state index is 0.0301. The highest BCUT2D eigenvalue weighted by atomic mass is 15.6. The molecule has 0 bridgehead atoms. The first-order valence-electron chi connectivity index (χ1n) is 7.72. The summed E-state index contributed by atoms with van der Waals surface area (Å²) in [5, 5.41) is 1.09. The van der Waals surface area contributed by atoms with Crippen molar-refractivity contribution in [1.82, 2.24) is 4.98 Å². The Balaban J connectivity index is 1.70. The molecular weight excluding hydrogens is 298 g/mol. The van der Waals surface area contributed by atoms with Gasteiger partial charge in [-0.3, -0.25) is 9.98 Å². The second-order valence-corrected chi connectivity index (χ2v) is 5.91. The number of nitrogens with two attached hydrogens (primary N) is 1. The van der Waals surface area contributed by atoms with Crippen LogP contribution in [0.4, 0.5) is 0 Å². The molecule has 0 saturated carbocycles. The van der Waals surface area contributed by atoms with E-state index in [1.165, 1.54) is 0 Å². The van der Waals surface area contributed by atoms with Crippen molar-refractivity contribution in [2.45, 2.75) is 0 Å². The molecule has 5 heteroatoms. The molecular formula is C19H14N5+. The van der Waals surface area contributed by atoms with E-state index in [-0.39, 0.29) is 4.59 Å². The van der Waals surface area contributed by atoms with Gasteiger partial charge in [-0.05, 0) is 18.2 Å². The van der Waals surface area contributed by atoms with E-state index in [4.69, 9.17) is 10.8 Å². The van der Waals surface area contributed by atoms with Crippen LogP contribution in [-0.4, -0.2) is 21.6 Å². The van der Waals surface area contributed by atoms with Crippen molar-refractivity contribution in [3.05, 3.63) is 89.7 Å². The van der Waals surface area contributed by atoms with Crippen molar-refractivity contribution in [2.24, 2.45) is 15.8 Å². The highest BCUT2D eigenvalue weighted by Crippen LogP contribution is 2.36. The number of aliphatic imine (C=N–C) groups is 2. The zero-order chi connectivity index (χ0) is 16.1. The van der Waals surface area contributed by atoms with Crippen molar-refractivity contribution in [2.75, 3.05) is 0 Å². The molecule has 0 amide bonds. The first-order valence-corrected chi connectivity index (χ1v) is 7.72. The predicted octanol–water partition coefficient (Wildman–Crippen LogP) is 2.95. The summed E-state index contributed by atoms with van der Waals surface area (Å²) in [6.45, 7) is 0. The van der Waals surface area contributed by atoms with Crippen molar-refractivity contribution in [3.8, 4) is 0 Å². The maximum Gasteiger partial charge on any atom is 0.265 e. The van der Waals surface area contributed by atoms with Crippen LogP contribution >= 0.6 is 0 Å². The lowest BCUT2D eigenvalue weighted by atomic mass is 10.0. The minimum absolute atomic E-state index is 0.0301. The van der Waals surface area contributed by atoms with Crippen LogP contribution in [0.15, 0.2) is 94.1 Å². The standard InChI is InChI=1S/C19H14N5/c20-24-10-9-21-12-17(24)18(14-3-1-4-14)23-19(24)15-7-6-13-5-2-8-22-16(13)11-15/h1-12H,20H2/q+1. The quantitative estimate of drug-likeness (QED) is 0.684. The topological polar surface area (TPSA) is 63.6 Å². The van der Waals surface area contributed by atoms with Crippen LogP contribution in [-0.2, 0) is 0 Å². The highest BCUT2D eigenvalue weighted by molar-refractivity contribution is 6.03. The number of hydrogen-bond acceptors (Lipinski definition) is 4. The number of fused-ring (bicyclic) bond motifs is 2. The van der Waals surface area contributed by atoms with Gasteiger partial charge in [0, 0.05) is 17.2 Å². The molecule has 0 fully saturated rings. The maximum absolute atomic E-state index is 6.69. The zero-order valence-corrected chi connectivity index (χ0v) is 12.8. The first-order chi connectivity index (χ1) is 11.8. The second kappa shape index (κ2) is 4.67. The Morgan fingerprint density at radius 1 is 1.12 bits per heavy atom. The predicted molar refractivity (Wildman–Crippen MR) is 94.6 cm³/mol. The van der Waals surface area contributed by atoms with E-state index in [0.717, 1.165) is 39.3 Å². The highest BCUT2D eigenvalue weighted by Gasteiger charge is 2.44. The first kappa shape index (κ1) is 13.3. The molecule has 0 radical (unpaired) electrons. The van der Waals surface area contributed by atoms with Gasteiger partial charge in [0.15, 0.2) is 0 Å². The smallest absolute Gasteiger partial charge is 0.256 e. The van der Waals surface area contributed by atoms with Gasteiger partial charge < -0.3 is 0 Å². The Morgan fingerprint density at radius 2 is 2.04 bits per heavy atom. The molecule has 0 spiro atoms. The third kappa shape index (κ3) is 1.73. The molecule has 2 aliphatic heterocycles. The van der Waals surface area contributed by atoms with Gasteiger partial charge in [-0.1, -0.05) is 30.4 Å². The Morgan fingerprint density at radius 3 is 2.88 bits per heavy atom. The lowest BCUT2D eigenvalue weighted by Crippen LogP contribution is -2.53. The molecule has 3 aliphatic rings. The normalized spacial score (nSPS) is 24.0. The fraction of sp³-hybridized carbons (Fsp3) is 0. The fourth-order valence-electron chi connectivity index (χ4n) is 3.15. The van der Waals surface area contributed by atoms with Gasteiger partial charge in [-0.15, -0.1) is 4.59 Å². The molecule has 1 aromatic carbocycles. The Bertz CT molecular complexity index is 1070. The number of nitrogens with zero attached hydrogens (tertiary/aromatic N) is 4. The number of allylic oxidation sites excluding steroid dienone is 4. The Labute approximate surface area is 138 Å². The maximum atomic E-state index is 6.69. The molecule has 1 atom stereocenters. The van der Waals surface area contributed by atoms with Crippen LogP contribution in [0.25, 0.3) is 10.9 Å². The lowest BCUT2D eigenvalue weighted by molar-refractivity contribution is -0.750. The van der Waals surface area contributed by atoms with E-state index >= 15 is 0 Å². The molecule has 24 heavy (non-hydrogen) atoms. The van der Waals surface area contributed by atoms with E-state index in [1.807, 2.05) is 54.8 Å². The Kier molecular flexibility index (Phi) is 2.59. The van der Waals surface area contributed by atoms with Crippen LogP contribution in [0.3, 0.4) is 0 Å². The van der Waals surface area contributed by atoms with Crippen molar-refractivity contribution in [1.29, 1.82) is 0 Å². The molecule has 3 heterocycles. The zero-order valence-electron chi connectivity index (χ0n) is 12.8. The number of pyridine rings is 1. The number of hydrogen-bond donors (Lipinski definition) is 1. The summed E-state index contributed by atoms with van der Waals surface area (Å²) in [5.41, 5.74) is 4.72. The van der Waals surface area contributed by atoms with Crippen LogP contribution in [0, 0.1) is 0 Å². The Hall–Kier alpha value is -3.15. The van der Waals surface area contributed by atoms with Gasteiger partial charge in [0.1, 0.15) is 11.9 Å². The monoisotopic (exact) mass is 312 g/mol. The van der Waals surface area contributed by atoms with Gasteiger partial charge in [-0.2, -0.15) is 10.8 Å². The lowest BCUT2D eigenvalue weighted by Gasteiger charge is -2.26. The second-order valence-electron chi connectivity index (χ2n) is 5.91. The molecule has 114 valence electrons. The number of amidine groups is 1. The molecule has 1 unspecified atom stereocenters. The van der Waals surface area contributed by atoms with Gasteiger partial charge >= 0.3 is 0 Å². The van der Waals surface area contributed by atoms with E-state index in [9.17, 15) is 0 Å². The molecule has 1 aromatic heterocycles. The SMILES string of the molecule is N[N+]12C=CN=CC1=C(C1=CC=C1)N=C2c1ccc2cccnc2c1. The van der Waals surface area contributed by atoms with Crippen molar-refractivity contribution < 1.29 is 4.59 Å². The van der Waals surface area contributed by atoms with Gasteiger partial charge in [0.05, 0.1) is 23.5 Å². The average molecular weight is 312 g/mol. The molecule has 5 rings (SSSR count). The summed E-state index contributed by atoms with van der Waals surface area (Å²) in [4.78, 5) is 13.5. The van der Waals surface area contributed by atoms with E-state index in [2.05, 4.69) is 9.98 Å². The van der Waals surface area contributed by atoms with E-state index in [1.54, 1.807) is 18.6 Å². The van der Waals surface area contributed by atoms with Crippen molar-refractivity contribution in [3.63, 3.8) is 0 Å². The van der Waals surface area contributed by atoms with Gasteiger partial charge in [0.25, 0.3) is 5.84 Å².